The largest absolute Gasteiger partial charge is 1.00 e. The van der Waals surface area contributed by atoms with E-state index in [1.807, 2.05) is 0 Å². The predicted molar refractivity (Wildman–Crippen MR) is 17.4 cm³/mol. The van der Waals surface area contributed by atoms with Crippen molar-refractivity contribution in [2.75, 3.05) is 0 Å². The van der Waals surface area contributed by atoms with E-state index >= 15 is 0 Å². The molecule has 0 aromatic carbocycles. The van der Waals surface area contributed by atoms with E-state index in [1.165, 1.54) is 0 Å². The van der Waals surface area contributed by atoms with E-state index in [0.717, 1.165) is 0 Å². The van der Waals surface area contributed by atoms with Crippen LogP contribution in [0.25, 0.3) is 0 Å². The maximum absolute atomic E-state index is 9.33. The molecule has 2 unspecified atom stereocenters. The van der Waals surface area contributed by atoms with Gasteiger partial charge in [-0.25, -0.2) is 0 Å². The van der Waals surface area contributed by atoms with E-state index in [-0.39, 0.29) is 59.1 Å². The second-order valence-electron chi connectivity index (χ2n) is 0.596. The molecule has 2 atom stereocenters. The van der Waals surface area contributed by atoms with Crippen LogP contribution in [0.5, 0.6) is 0 Å². The third-order valence-corrected chi connectivity index (χ3v) is 0.665. The fourth-order valence-corrected chi connectivity index (χ4v) is 0.490. The Labute approximate surface area is 103 Å². The summed E-state index contributed by atoms with van der Waals surface area (Å²) in [4.78, 5) is 18.7. The fraction of sp³-hybridized carbons (Fsp3) is 0. The van der Waals surface area contributed by atoms with Gasteiger partial charge >= 0.3 is 75.6 Å². The molecule has 0 radical (unpaired) electrons. The molecule has 0 saturated heterocycles. The molecule has 0 aliphatic rings. The van der Waals surface area contributed by atoms with E-state index in [9.17, 15) is 18.9 Å². The molecule has 0 bridgehead atoms. The second kappa shape index (κ2) is 11.0. The average Bonchev–Trinajstić information content (AvgIpc) is 1.61. The van der Waals surface area contributed by atoms with Crippen molar-refractivity contribution in [3.8, 4) is 0 Å². The molecule has 0 spiro atoms. The van der Waals surface area contributed by atoms with Crippen LogP contribution >= 0.6 is 16.5 Å². The van der Waals surface area contributed by atoms with Gasteiger partial charge in [-0.2, -0.15) is 0 Å². The van der Waals surface area contributed by atoms with Crippen LogP contribution in [-0.2, 0) is 18.5 Å². The standard InChI is InChI=1S/2Na.O6P2/c;;1-7(2)5-6-8(3)4/q2*+1;. The molecule has 0 aromatic heterocycles. The van der Waals surface area contributed by atoms with Gasteiger partial charge in [0, 0.05) is 0 Å². The van der Waals surface area contributed by atoms with Gasteiger partial charge in [0.25, 0.3) is 0 Å². The van der Waals surface area contributed by atoms with Gasteiger partial charge in [-0.15, -0.1) is 0 Å². The summed E-state index contributed by atoms with van der Waals surface area (Å²) in [6.45, 7) is 0. The van der Waals surface area contributed by atoms with Gasteiger partial charge in [-0.3, -0.25) is 0 Å². The third-order valence-electron chi connectivity index (χ3n) is 0.155. The summed E-state index contributed by atoms with van der Waals surface area (Å²) in [5.41, 5.74) is 0. The molecule has 0 saturated carbocycles. The van der Waals surface area contributed by atoms with Crippen molar-refractivity contribution < 1.29 is 87.4 Å². The Morgan fingerprint density at radius 2 is 1.10 bits per heavy atom. The van der Waals surface area contributed by atoms with Crippen molar-refractivity contribution in [2.24, 2.45) is 0 Å². The molecule has 0 amide bonds. The molecular formula is Na2O6P2+2. The molecule has 0 aliphatic heterocycles. The monoisotopic (exact) mass is 204 g/mol. The maximum atomic E-state index is 9.33. The van der Waals surface area contributed by atoms with Crippen LogP contribution in [0.1, 0.15) is 0 Å². The van der Waals surface area contributed by atoms with Crippen LogP contribution in [0.3, 0.4) is 0 Å². The fourth-order valence-electron chi connectivity index (χ4n) is 0.0544. The Hall–Kier alpha value is 2.04. The van der Waals surface area contributed by atoms with Gasteiger partial charge in [0.05, 0.1) is 9.35 Å². The van der Waals surface area contributed by atoms with Crippen LogP contribution in [0.2, 0.25) is 0 Å². The summed E-state index contributed by atoms with van der Waals surface area (Å²) in [5.74, 6) is 0. The zero-order chi connectivity index (χ0) is 6.57. The minimum Gasteiger partial charge on any atom is -0.564 e. The van der Waals surface area contributed by atoms with E-state index < -0.39 is 16.5 Å². The van der Waals surface area contributed by atoms with Crippen LogP contribution < -0.4 is 68.9 Å². The molecule has 0 rings (SSSR count). The number of hydrogen-bond donors (Lipinski definition) is 0. The molecule has 0 aromatic rings. The third kappa shape index (κ3) is 16.6. The van der Waals surface area contributed by atoms with Gasteiger partial charge < -0.3 is 9.79 Å². The molecular weight excluding hydrogens is 204 g/mol. The van der Waals surface area contributed by atoms with Gasteiger partial charge in [0.1, 0.15) is 0 Å². The molecule has 10 heteroatoms. The van der Waals surface area contributed by atoms with Gasteiger partial charge in [-0.05, 0) is 9.13 Å². The van der Waals surface area contributed by atoms with Crippen molar-refractivity contribution in [1.82, 2.24) is 0 Å². The van der Waals surface area contributed by atoms with Crippen LogP contribution in [0.4, 0.5) is 0 Å². The minimum atomic E-state index is -3.24. The average molecular weight is 204 g/mol. The number of hydrogen-bond acceptors (Lipinski definition) is 6. The molecule has 0 N–H and O–H groups in total. The van der Waals surface area contributed by atoms with Crippen molar-refractivity contribution in [1.29, 1.82) is 0 Å². The Balaban J connectivity index is -0.000000245. The second-order valence-corrected chi connectivity index (χ2v) is 1.79. The van der Waals surface area contributed by atoms with Crippen molar-refractivity contribution in [2.45, 2.75) is 0 Å². The molecule has 0 aliphatic carbocycles. The quantitative estimate of drug-likeness (QED) is 0.196. The van der Waals surface area contributed by atoms with E-state index in [1.54, 1.807) is 0 Å². The van der Waals surface area contributed by atoms with Crippen LogP contribution in [0, 0.1) is 0 Å². The number of rotatable bonds is 3. The predicted octanol–water partition coefficient (Wildman–Crippen LogP) is -7.02. The first-order chi connectivity index (χ1) is 3.63. The summed E-state index contributed by atoms with van der Waals surface area (Å²) < 4.78 is 25.0. The zero-order valence-electron chi connectivity index (χ0n) is 5.34. The first kappa shape index (κ1) is 18.0. The topological polar surface area (TPSA) is 98.7 Å². The summed E-state index contributed by atoms with van der Waals surface area (Å²) in [5, 5.41) is 0. The summed E-state index contributed by atoms with van der Waals surface area (Å²) in [6, 6.07) is 0. The summed E-state index contributed by atoms with van der Waals surface area (Å²) in [6.07, 6.45) is 0. The van der Waals surface area contributed by atoms with Crippen molar-refractivity contribution in [3.63, 3.8) is 0 Å². The van der Waals surface area contributed by atoms with Gasteiger partial charge in [-0.1, -0.05) is 0 Å². The summed E-state index contributed by atoms with van der Waals surface area (Å²) >= 11 is 0. The smallest absolute Gasteiger partial charge is 0.564 e. The molecule has 6 nitrogen and oxygen atoms in total. The van der Waals surface area contributed by atoms with E-state index in [0.29, 0.717) is 0 Å². The molecule has 0 fully saturated rings. The minimum absolute atomic E-state index is 0. The SMILES string of the molecule is O=[P+]([O-])OO[P+](=O)[O-].[Na+].[Na+]. The Kier molecular flexibility index (Phi) is 19.8. The maximum Gasteiger partial charge on any atom is 1.00 e. The van der Waals surface area contributed by atoms with Crippen LogP contribution in [0.15, 0.2) is 0 Å². The van der Waals surface area contributed by atoms with Gasteiger partial charge in [0.2, 0.25) is 0 Å². The van der Waals surface area contributed by atoms with Crippen LogP contribution in [-0.4, -0.2) is 0 Å². The first-order valence-electron chi connectivity index (χ1n) is 1.26. The van der Waals surface area contributed by atoms with E-state index in [2.05, 4.69) is 9.35 Å². The summed E-state index contributed by atoms with van der Waals surface area (Å²) in [7, 11) is -6.48. The van der Waals surface area contributed by atoms with Crippen molar-refractivity contribution >= 4 is 16.5 Å². The Morgan fingerprint density at radius 3 is 1.20 bits per heavy atom. The van der Waals surface area contributed by atoms with E-state index in [4.69, 9.17) is 0 Å². The molecule has 0 heterocycles. The zero-order valence-corrected chi connectivity index (χ0v) is 11.1. The Bertz CT molecular complexity index is 98.3. The first-order valence-corrected chi connectivity index (χ1v) is 3.45. The Morgan fingerprint density at radius 1 is 0.900 bits per heavy atom. The van der Waals surface area contributed by atoms with Crippen molar-refractivity contribution in [3.05, 3.63) is 0 Å². The molecule has 10 heavy (non-hydrogen) atoms. The molecule has 46 valence electrons. The van der Waals surface area contributed by atoms with Gasteiger partial charge in [0.15, 0.2) is 0 Å². The normalized spacial score (nSPS) is 10.6.